The molecule has 1 saturated heterocycles. The summed E-state index contributed by atoms with van der Waals surface area (Å²) in [6.45, 7) is 5.04. The fourth-order valence-corrected chi connectivity index (χ4v) is 3.55. The first-order valence-corrected chi connectivity index (χ1v) is 8.29. The SMILES string of the molecule is Cc1cc(C(=O)NC(C(=O)O)C2CCOCC2)c(C)n1C1CC1. The average molecular weight is 320 g/mol. The number of ether oxygens (including phenoxy) is 1. The molecule has 0 spiro atoms. The van der Waals surface area contributed by atoms with Crippen LogP contribution in [-0.2, 0) is 9.53 Å². The average Bonchev–Trinajstić information content (AvgIpc) is 3.31. The van der Waals surface area contributed by atoms with Gasteiger partial charge in [0.2, 0.25) is 0 Å². The molecule has 1 aliphatic heterocycles. The lowest BCUT2D eigenvalue weighted by Gasteiger charge is -2.28. The topological polar surface area (TPSA) is 80.6 Å². The van der Waals surface area contributed by atoms with Crippen molar-refractivity contribution in [2.45, 2.75) is 51.6 Å². The normalized spacial score (nSPS) is 20.3. The monoisotopic (exact) mass is 320 g/mol. The van der Waals surface area contributed by atoms with Gasteiger partial charge in [-0.2, -0.15) is 0 Å². The largest absolute Gasteiger partial charge is 0.480 e. The zero-order valence-electron chi connectivity index (χ0n) is 13.7. The van der Waals surface area contributed by atoms with Crippen molar-refractivity contribution in [1.82, 2.24) is 9.88 Å². The van der Waals surface area contributed by atoms with Crippen LogP contribution in [0.25, 0.3) is 0 Å². The number of nitrogens with zero attached hydrogens (tertiary/aromatic N) is 1. The first kappa shape index (κ1) is 16.1. The quantitative estimate of drug-likeness (QED) is 0.870. The number of aryl methyl sites for hydroxylation is 1. The van der Waals surface area contributed by atoms with Gasteiger partial charge in [-0.3, -0.25) is 4.79 Å². The molecule has 1 atom stereocenters. The molecule has 0 bridgehead atoms. The van der Waals surface area contributed by atoms with Gasteiger partial charge in [0.05, 0.1) is 5.56 Å². The van der Waals surface area contributed by atoms with Gasteiger partial charge in [0, 0.05) is 30.6 Å². The van der Waals surface area contributed by atoms with Crippen LogP contribution in [0, 0.1) is 19.8 Å². The smallest absolute Gasteiger partial charge is 0.326 e. The van der Waals surface area contributed by atoms with E-state index in [1.165, 1.54) is 0 Å². The number of hydrogen-bond donors (Lipinski definition) is 2. The van der Waals surface area contributed by atoms with Gasteiger partial charge in [0.1, 0.15) is 6.04 Å². The van der Waals surface area contributed by atoms with Gasteiger partial charge < -0.3 is 19.7 Å². The molecule has 1 aromatic heterocycles. The van der Waals surface area contributed by atoms with Crippen LogP contribution in [0.4, 0.5) is 0 Å². The molecule has 2 heterocycles. The van der Waals surface area contributed by atoms with Crippen molar-refractivity contribution < 1.29 is 19.4 Å². The molecule has 2 N–H and O–H groups in total. The summed E-state index contributed by atoms with van der Waals surface area (Å²) in [6, 6.07) is 1.52. The van der Waals surface area contributed by atoms with Crippen LogP contribution in [0.3, 0.4) is 0 Å². The summed E-state index contributed by atoms with van der Waals surface area (Å²) in [5.41, 5.74) is 2.58. The molecule has 0 radical (unpaired) electrons. The molecule has 23 heavy (non-hydrogen) atoms. The predicted octanol–water partition coefficient (Wildman–Crippen LogP) is 2.05. The van der Waals surface area contributed by atoms with Crippen molar-refractivity contribution in [3.8, 4) is 0 Å². The summed E-state index contributed by atoms with van der Waals surface area (Å²) >= 11 is 0. The molecule has 0 aromatic carbocycles. The Morgan fingerprint density at radius 1 is 1.26 bits per heavy atom. The molecule has 2 aliphatic rings. The van der Waals surface area contributed by atoms with E-state index in [2.05, 4.69) is 9.88 Å². The Morgan fingerprint density at radius 2 is 1.91 bits per heavy atom. The standard InChI is InChI=1S/C17H24N2O4/c1-10-9-14(11(2)19(10)13-3-4-13)16(20)18-15(17(21)22)12-5-7-23-8-6-12/h9,12-13,15H,3-8H2,1-2H3,(H,18,20)(H,21,22). The van der Waals surface area contributed by atoms with Crippen molar-refractivity contribution in [3.05, 3.63) is 23.0 Å². The van der Waals surface area contributed by atoms with Crippen LogP contribution in [0.15, 0.2) is 6.07 Å². The first-order valence-electron chi connectivity index (χ1n) is 8.29. The molecule has 2 fully saturated rings. The highest BCUT2D eigenvalue weighted by molar-refractivity contribution is 5.98. The van der Waals surface area contributed by atoms with Gasteiger partial charge in [0.15, 0.2) is 0 Å². The van der Waals surface area contributed by atoms with E-state index in [1.807, 2.05) is 19.9 Å². The number of rotatable bonds is 5. The Balaban J connectivity index is 1.76. The van der Waals surface area contributed by atoms with Crippen LogP contribution >= 0.6 is 0 Å². The molecule has 1 aromatic rings. The molecule has 6 nitrogen and oxygen atoms in total. The van der Waals surface area contributed by atoms with E-state index in [9.17, 15) is 14.7 Å². The summed E-state index contributed by atoms with van der Waals surface area (Å²) in [7, 11) is 0. The molecule has 1 aliphatic carbocycles. The molecule has 1 saturated carbocycles. The summed E-state index contributed by atoms with van der Waals surface area (Å²) in [4.78, 5) is 24.2. The summed E-state index contributed by atoms with van der Waals surface area (Å²) < 4.78 is 7.48. The molecule has 1 amide bonds. The van der Waals surface area contributed by atoms with Gasteiger partial charge in [-0.05, 0) is 51.5 Å². The minimum atomic E-state index is -0.971. The molecule has 1 unspecified atom stereocenters. The van der Waals surface area contributed by atoms with Crippen molar-refractivity contribution in [3.63, 3.8) is 0 Å². The first-order chi connectivity index (χ1) is 11.0. The van der Waals surface area contributed by atoms with Crippen LogP contribution < -0.4 is 5.32 Å². The number of amides is 1. The Kier molecular flexibility index (Phi) is 4.43. The van der Waals surface area contributed by atoms with Crippen molar-refractivity contribution in [2.75, 3.05) is 13.2 Å². The Bertz CT molecular complexity index is 612. The summed E-state index contributed by atoms with van der Waals surface area (Å²) in [5.74, 6) is -1.33. The second kappa shape index (κ2) is 6.35. The van der Waals surface area contributed by atoms with Crippen LogP contribution in [0.2, 0.25) is 0 Å². The number of hydrogen-bond acceptors (Lipinski definition) is 3. The number of aromatic nitrogens is 1. The molecular formula is C17H24N2O4. The van der Waals surface area contributed by atoms with E-state index in [-0.39, 0.29) is 11.8 Å². The highest BCUT2D eigenvalue weighted by Gasteiger charge is 2.33. The highest BCUT2D eigenvalue weighted by atomic mass is 16.5. The third-order valence-corrected chi connectivity index (χ3v) is 4.93. The van der Waals surface area contributed by atoms with Crippen molar-refractivity contribution in [1.29, 1.82) is 0 Å². The zero-order chi connectivity index (χ0) is 16.6. The summed E-state index contributed by atoms with van der Waals surface area (Å²) in [6.07, 6.45) is 3.63. The van der Waals surface area contributed by atoms with E-state index in [0.717, 1.165) is 24.2 Å². The Labute approximate surface area is 135 Å². The maximum absolute atomic E-state index is 12.6. The lowest BCUT2D eigenvalue weighted by Crippen LogP contribution is -2.47. The maximum atomic E-state index is 12.6. The van der Waals surface area contributed by atoms with Crippen molar-refractivity contribution >= 4 is 11.9 Å². The molecular weight excluding hydrogens is 296 g/mol. The van der Waals surface area contributed by atoms with Gasteiger partial charge >= 0.3 is 5.97 Å². The number of carboxylic acid groups (broad SMARTS) is 1. The van der Waals surface area contributed by atoms with Gasteiger partial charge in [-0.15, -0.1) is 0 Å². The van der Waals surface area contributed by atoms with Crippen LogP contribution in [0.1, 0.15) is 53.5 Å². The molecule has 126 valence electrons. The maximum Gasteiger partial charge on any atom is 0.326 e. The summed E-state index contributed by atoms with van der Waals surface area (Å²) in [5, 5.41) is 12.2. The number of carbonyl (C=O) groups excluding carboxylic acids is 1. The fraction of sp³-hybridized carbons (Fsp3) is 0.647. The number of nitrogens with one attached hydrogen (secondary N) is 1. The Morgan fingerprint density at radius 3 is 2.48 bits per heavy atom. The van der Waals surface area contributed by atoms with E-state index in [0.29, 0.717) is 37.7 Å². The van der Waals surface area contributed by atoms with Gasteiger partial charge in [0.25, 0.3) is 5.91 Å². The Hall–Kier alpha value is -1.82. The molecule has 3 rings (SSSR count). The molecule has 6 heteroatoms. The second-order valence-corrected chi connectivity index (χ2v) is 6.63. The zero-order valence-corrected chi connectivity index (χ0v) is 13.7. The highest BCUT2D eigenvalue weighted by Crippen LogP contribution is 2.38. The predicted molar refractivity (Wildman–Crippen MR) is 84.6 cm³/mol. The van der Waals surface area contributed by atoms with E-state index >= 15 is 0 Å². The van der Waals surface area contributed by atoms with E-state index in [1.54, 1.807) is 0 Å². The van der Waals surface area contributed by atoms with Gasteiger partial charge in [-0.1, -0.05) is 0 Å². The third-order valence-electron chi connectivity index (χ3n) is 4.93. The van der Waals surface area contributed by atoms with Crippen LogP contribution in [-0.4, -0.2) is 40.8 Å². The minimum Gasteiger partial charge on any atom is -0.480 e. The number of aliphatic carboxylic acids is 1. The van der Waals surface area contributed by atoms with Crippen LogP contribution in [0.5, 0.6) is 0 Å². The van der Waals surface area contributed by atoms with Gasteiger partial charge in [-0.25, -0.2) is 4.79 Å². The fourth-order valence-electron chi connectivity index (χ4n) is 3.55. The minimum absolute atomic E-state index is 0.0721. The number of carbonyl (C=O) groups is 2. The van der Waals surface area contributed by atoms with E-state index < -0.39 is 12.0 Å². The third kappa shape index (κ3) is 3.27. The lowest BCUT2D eigenvalue weighted by atomic mass is 9.91. The number of carboxylic acids is 1. The van der Waals surface area contributed by atoms with Crippen molar-refractivity contribution in [2.24, 2.45) is 5.92 Å². The van der Waals surface area contributed by atoms with E-state index in [4.69, 9.17) is 4.74 Å². The second-order valence-electron chi connectivity index (χ2n) is 6.63. The lowest BCUT2D eigenvalue weighted by molar-refractivity contribution is -0.141.